The number of thiocarbonyl (C=S) groups is 1. The smallest absolute Gasteiger partial charge is 0.270 e. The van der Waals surface area contributed by atoms with Crippen molar-refractivity contribution in [3.8, 4) is 11.5 Å². The fourth-order valence-electron chi connectivity index (χ4n) is 4.21. The van der Waals surface area contributed by atoms with Gasteiger partial charge in [-0.1, -0.05) is 65.9 Å². The second kappa shape index (κ2) is 13.0. The minimum atomic E-state index is -0.395. The molecule has 1 heterocycles. The second-order valence-corrected chi connectivity index (χ2v) is 11.1. The van der Waals surface area contributed by atoms with Crippen LogP contribution < -0.4 is 19.7 Å². The minimum absolute atomic E-state index is 0.293. The van der Waals surface area contributed by atoms with Gasteiger partial charge in [-0.3, -0.25) is 14.5 Å². The molecular weight excluding hydrogens is 572 g/mol. The van der Waals surface area contributed by atoms with Crippen molar-refractivity contribution in [1.29, 1.82) is 0 Å². The van der Waals surface area contributed by atoms with Crippen LogP contribution in [0.5, 0.6) is 11.5 Å². The van der Waals surface area contributed by atoms with Gasteiger partial charge in [0.15, 0.2) is 15.8 Å². The van der Waals surface area contributed by atoms with Crippen LogP contribution in [-0.4, -0.2) is 22.7 Å². The van der Waals surface area contributed by atoms with Gasteiger partial charge in [0.25, 0.3) is 11.8 Å². The maximum atomic E-state index is 13.4. The van der Waals surface area contributed by atoms with E-state index in [0.717, 1.165) is 11.1 Å². The monoisotopic (exact) mass is 598 g/mol. The predicted octanol–water partition coefficient (Wildman–Crippen LogP) is 7.77. The Labute approximate surface area is 253 Å². The number of benzene rings is 4. The third kappa shape index (κ3) is 6.87. The summed E-state index contributed by atoms with van der Waals surface area (Å²) < 4.78 is 25.4. The summed E-state index contributed by atoms with van der Waals surface area (Å²) >= 11 is 6.73. The number of hydrogen-bond donors (Lipinski definition) is 1. The number of nitrogens with zero attached hydrogens (tertiary/aromatic N) is 1. The highest BCUT2D eigenvalue weighted by molar-refractivity contribution is 8.27. The molecule has 0 spiro atoms. The number of carbonyl (C=O) groups excluding carboxylic acids is 2. The third-order valence-electron chi connectivity index (χ3n) is 6.34. The molecule has 1 aliphatic rings. The van der Waals surface area contributed by atoms with Gasteiger partial charge < -0.3 is 14.8 Å². The fraction of sp³-hybridized carbons (Fsp3) is 0.121. The molecule has 1 saturated heterocycles. The van der Waals surface area contributed by atoms with Crippen molar-refractivity contribution in [3.05, 3.63) is 124 Å². The first kappa shape index (κ1) is 29.0. The van der Waals surface area contributed by atoms with Crippen molar-refractivity contribution in [1.82, 2.24) is 0 Å². The lowest BCUT2D eigenvalue weighted by Crippen LogP contribution is -2.27. The standard InChI is InChI=1S/C33H27FN2O4S2/c1-3-39-29-17-23(11-16-28(29)40-20-22-9-7-21(2)8-10-22)18-30-32(38)36(33(41)42-30)27-6-4-5-24(19-27)31(37)35-26-14-12-25(34)13-15-26/h4-19H,3,20H2,1-2H3,(H,35,37)/b30-18+. The normalized spacial score (nSPS) is 13.9. The molecule has 9 heteroatoms. The molecule has 42 heavy (non-hydrogen) atoms. The quantitative estimate of drug-likeness (QED) is 0.157. The first-order chi connectivity index (χ1) is 20.3. The zero-order valence-electron chi connectivity index (χ0n) is 22.9. The minimum Gasteiger partial charge on any atom is -0.490 e. The van der Waals surface area contributed by atoms with Gasteiger partial charge in [0, 0.05) is 11.3 Å². The van der Waals surface area contributed by atoms with Crippen molar-refractivity contribution in [2.45, 2.75) is 20.5 Å². The molecule has 0 saturated carbocycles. The van der Waals surface area contributed by atoms with Gasteiger partial charge in [0.1, 0.15) is 12.4 Å². The summed E-state index contributed by atoms with van der Waals surface area (Å²) in [7, 11) is 0. The fourth-order valence-corrected chi connectivity index (χ4v) is 5.51. The summed E-state index contributed by atoms with van der Waals surface area (Å²) in [5.41, 5.74) is 4.25. The van der Waals surface area contributed by atoms with Crippen LogP contribution in [-0.2, 0) is 11.4 Å². The summed E-state index contributed by atoms with van der Waals surface area (Å²) in [6.45, 7) is 4.80. The lowest BCUT2D eigenvalue weighted by atomic mass is 10.1. The van der Waals surface area contributed by atoms with E-state index in [1.165, 1.54) is 46.5 Å². The summed E-state index contributed by atoms with van der Waals surface area (Å²) in [5.74, 6) is 0.108. The van der Waals surface area contributed by atoms with E-state index in [-0.39, 0.29) is 5.91 Å². The van der Waals surface area contributed by atoms with Gasteiger partial charge in [-0.15, -0.1) is 0 Å². The third-order valence-corrected chi connectivity index (χ3v) is 7.64. The van der Waals surface area contributed by atoms with Gasteiger partial charge in [-0.2, -0.15) is 0 Å². The lowest BCUT2D eigenvalue weighted by molar-refractivity contribution is -0.113. The molecule has 0 radical (unpaired) electrons. The molecule has 4 aromatic carbocycles. The van der Waals surface area contributed by atoms with Crippen LogP contribution in [0.1, 0.15) is 34.0 Å². The van der Waals surface area contributed by atoms with Crippen LogP contribution in [0.15, 0.2) is 95.9 Å². The van der Waals surface area contributed by atoms with Crippen molar-refractivity contribution in [2.24, 2.45) is 0 Å². The first-order valence-electron chi connectivity index (χ1n) is 13.2. The SMILES string of the molecule is CCOc1cc(/C=C2/SC(=S)N(c3cccc(C(=O)Nc4ccc(F)cc4)c3)C2=O)ccc1OCc1ccc(C)cc1. The van der Waals surface area contributed by atoms with E-state index in [0.29, 0.717) is 50.9 Å². The lowest BCUT2D eigenvalue weighted by Gasteiger charge is -2.15. The Kier molecular flexibility index (Phi) is 9.00. The van der Waals surface area contributed by atoms with E-state index in [9.17, 15) is 14.0 Å². The van der Waals surface area contributed by atoms with Crippen molar-refractivity contribution in [3.63, 3.8) is 0 Å². The Morgan fingerprint density at radius 3 is 2.48 bits per heavy atom. The van der Waals surface area contributed by atoms with E-state index in [1.807, 2.05) is 56.3 Å². The number of hydrogen-bond acceptors (Lipinski definition) is 6. The van der Waals surface area contributed by atoms with E-state index < -0.39 is 11.7 Å². The topological polar surface area (TPSA) is 67.9 Å². The average Bonchev–Trinajstić information content (AvgIpc) is 3.26. The van der Waals surface area contributed by atoms with E-state index >= 15 is 0 Å². The molecule has 0 bridgehead atoms. The van der Waals surface area contributed by atoms with E-state index in [4.69, 9.17) is 21.7 Å². The van der Waals surface area contributed by atoms with Gasteiger partial charge in [-0.25, -0.2) is 4.39 Å². The molecule has 1 aliphatic heterocycles. The molecule has 0 aliphatic carbocycles. The zero-order valence-corrected chi connectivity index (χ0v) is 24.6. The first-order valence-corrected chi connectivity index (χ1v) is 14.4. The molecule has 0 unspecified atom stereocenters. The molecule has 6 nitrogen and oxygen atoms in total. The van der Waals surface area contributed by atoms with Crippen LogP contribution in [0.2, 0.25) is 0 Å². The van der Waals surface area contributed by atoms with Crippen LogP contribution in [0.4, 0.5) is 15.8 Å². The van der Waals surface area contributed by atoms with Gasteiger partial charge in [0.05, 0.1) is 17.2 Å². The van der Waals surface area contributed by atoms with Crippen molar-refractivity contribution >= 4 is 57.6 Å². The maximum absolute atomic E-state index is 13.4. The van der Waals surface area contributed by atoms with Gasteiger partial charge >= 0.3 is 0 Å². The zero-order chi connectivity index (χ0) is 29.6. The highest BCUT2D eigenvalue weighted by atomic mass is 32.2. The largest absolute Gasteiger partial charge is 0.490 e. The highest BCUT2D eigenvalue weighted by Crippen LogP contribution is 2.37. The number of amides is 2. The maximum Gasteiger partial charge on any atom is 0.270 e. The number of anilines is 2. The van der Waals surface area contributed by atoms with Crippen LogP contribution in [0.3, 0.4) is 0 Å². The van der Waals surface area contributed by atoms with Gasteiger partial charge in [-0.05, 0) is 85.6 Å². The summed E-state index contributed by atoms with van der Waals surface area (Å²) in [6, 6.07) is 25.8. The Morgan fingerprint density at radius 1 is 0.976 bits per heavy atom. The molecule has 2 amide bonds. The molecule has 0 atom stereocenters. The average molecular weight is 599 g/mol. The summed E-state index contributed by atoms with van der Waals surface area (Å²) in [5, 5.41) is 2.73. The van der Waals surface area contributed by atoms with Crippen LogP contribution >= 0.6 is 24.0 Å². The van der Waals surface area contributed by atoms with E-state index in [1.54, 1.807) is 30.3 Å². The Bertz CT molecular complexity index is 1670. The molecule has 1 fully saturated rings. The van der Waals surface area contributed by atoms with Gasteiger partial charge in [0.2, 0.25) is 0 Å². The number of nitrogens with one attached hydrogen (secondary N) is 1. The number of aryl methyl sites for hydroxylation is 1. The number of rotatable bonds is 9. The Balaban J connectivity index is 1.32. The predicted molar refractivity (Wildman–Crippen MR) is 170 cm³/mol. The molecule has 0 aromatic heterocycles. The van der Waals surface area contributed by atoms with Crippen molar-refractivity contribution < 1.29 is 23.5 Å². The number of thioether (sulfide) groups is 1. The molecule has 5 rings (SSSR count). The number of halogens is 1. The number of ether oxygens (including phenoxy) is 2. The number of carbonyl (C=O) groups is 2. The molecule has 4 aromatic rings. The second-order valence-electron chi connectivity index (χ2n) is 9.44. The Morgan fingerprint density at radius 2 is 1.74 bits per heavy atom. The molecular formula is C33H27FN2O4S2. The molecule has 1 N–H and O–H groups in total. The van der Waals surface area contributed by atoms with Crippen molar-refractivity contribution in [2.75, 3.05) is 16.8 Å². The van der Waals surface area contributed by atoms with Crippen LogP contribution in [0.25, 0.3) is 6.08 Å². The highest BCUT2D eigenvalue weighted by Gasteiger charge is 2.33. The van der Waals surface area contributed by atoms with Crippen LogP contribution in [0, 0.1) is 12.7 Å². The molecule has 212 valence electrons. The van der Waals surface area contributed by atoms with E-state index in [2.05, 4.69) is 5.32 Å². The Hall–Kier alpha value is -4.47. The summed E-state index contributed by atoms with van der Waals surface area (Å²) in [6.07, 6.45) is 1.76. The summed E-state index contributed by atoms with van der Waals surface area (Å²) in [4.78, 5) is 28.1.